The molecule has 148 valence electrons. The largest absolute Gasteiger partial charge is 0.494 e. The highest BCUT2D eigenvalue weighted by Gasteiger charge is 2.29. The van der Waals surface area contributed by atoms with Crippen molar-refractivity contribution in [2.24, 2.45) is 0 Å². The summed E-state index contributed by atoms with van der Waals surface area (Å²) in [5.74, 6) is 0.781. The zero-order chi connectivity index (χ0) is 19.8. The maximum Gasteiger partial charge on any atom is 0.295 e. The van der Waals surface area contributed by atoms with Crippen LogP contribution in [0.2, 0.25) is 0 Å². The van der Waals surface area contributed by atoms with Crippen molar-refractivity contribution >= 4 is 43.6 Å². The van der Waals surface area contributed by atoms with Gasteiger partial charge in [-0.1, -0.05) is 35.6 Å². The van der Waals surface area contributed by atoms with E-state index in [1.165, 1.54) is 11.3 Å². The number of methoxy groups -OCH3 is 1. The quantitative estimate of drug-likeness (QED) is 0.471. The zero-order valence-electron chi connectivity index (χ0n) is 16.0. The smallest absolute Gasteiger partial charge is 0.295 e. The van der Waals surface area contributed by atoms with Crippen LogP contribution in [-0.4, -0.2) is 37.3 Å². The molecule has 0 radical (unpaired) electrons. The normalized spacial score (nSPS) is 16.5. The number of para-hydroxylation sites is 2. The van der Waals surface area contributed by atoms with Gasteiger partial charge in [-0.15, -0.1) is 0 Å². The predicted octanol–water partition coefficient (Wildman–Crippen LogP) is 4.88. The first-order chi connectivity index (χ1) is 14.2. The molecule has 0 N–H and O–H groups in total. The maximum atomic E-state index is 13.4. The second-order valence-corrected chi connectivity index (χ2v) is 8.01. The lowest BCUT2D eigenvalue weighted by molar-refractivity contribution is 0.0896. The van der Waals surface area contributed by atoms with Gasteiger partial charge in [0.1, 0.15) is 16.8 Å². The van der Waals surface area contributed by atoms with Crippen LogP contribution in [0.5, 0.6) is 5.75 Å². The minimum Gasteiger partial charge on any atom is -0.494 e. The highest BCUT2D eigenvalue weighted by Crippen LogP contribution is 2.35. The molecule has 4 aromatic rings. The lowest BCUT2D eigenvalue weighted by atomic mass is 10.2. The molecule has 7 heteroatoms. The third kappa shape index (κ3) is 3.36. The van der Waals surface area contributed by atoms with Crippen molar-refractivity contribution in [3.63, 3.8) is 0 Å². The van der Waals surface area contributed by atoms with Gasteiger partial charge in [0, 0.05) is 12.0 Å². The highest BCUT2D eigenvalue weighted by atomic mass is 32.1. The molecule has 1 amide bonds. The molecular weight excluding hydrogens is 388 g/mol. The number of rotatable bonds is 5. The molecule has 0 bridgehead atoms. The molecule has 0 unspecified atom stereocenters. The number of carbonyl (C=O) groups is 1. The average Bonchev–Trinajstić information content (AvgIpc) is 3.49. The standard InChI is InChI=1S/C22H20N2O4S/c1-26-17-9-4-10-19-20(17)23-22(29-19)24(13-15-7-5-11-27-15)21(25)18-12-14-6-2-3-8-16(14)28-18/h2-4,6,8-10,12,15H,5,7,11,13H2,1H3/t15-/m0/s1. The first-order valence-corrected chi connectivity index (χ1v) is 10.4. The number of ether oxygens (including phenoxy) is 2. The fourth-order valence-corrected chi connectivity index (χ4v) is 4.64. The van der Waals surface area contributed by atoms with Gasteiger partial charge in [0.15, 0.2) is 10.9 Å². The van der Waals surface area contributed by atoms with E-state index in [0.717, 1.165) is 35.1 Å². The van der Waals surface area contributed by atoms with E-state index in [9.17, 15) is 4.79 Å². The number of anilines is 1. The Morgan fingerprint density at radius 3 is 2.97 bits per heavy atom. The van der Waals surface area contributed by atoms with Gasteiger partial charge in [-0.3, -0.25) is 9.69 Å². The summed E-state index contributed by atoms with van der Waals surface area (Å²) in [5.41, 5.74) is 1.45. The molecule has 1 aliphatic rings. The van der Waals surface area contributed by atoms with Crippen LogP contribution in [0.1, 0.15) is 23.4 Å². The van der Waals surface area contributed by atoms with Gasteiger partial charge in [0.2, 0.25) is 0 Å². The number of aromatic nitrogens is 1. The lowest BCUT2D eigenvalue weighted by Gasteiger charge is -2.22. The van der Waals surface area contributed by atoms with E-state index in [-0.39, 0.29) is 12.0 Å². The molecule has 2 aromatic heterocycles. The number of hydrogen-bond donors (Lipinski definition) is 0. The Morgan fingerprint density at radius 1 is 1.28 bits per heavy atom. The molecular formula is C22H20N2O4S. The van der Waals surface area contributed by atoms with Gasteiger partial charge in [0.05, 0.1) is 24.5 Å². The van der Waals surface area contributed by atoms with Crippen LogP contribution in [0.25, 0.3) is 21.2 Å². The minimum absolute atomic E-state index is 0.00256. The summed E-state index contributed by atoms with van der Waals surface area (Å²) in [7, 11) is 1.62. The van der Waals surface area contributed by atoms with Crippen molar-refractivity contribution in [3.05, 3.63) is 54.3 Å². The summed E-state index contributed by atoms with van der Waals surface area (Å²) >= 11 is 1.46. The van der Waals surface area contributed by atoms with Crippen LogP contribution >= 0.6 is 11.3 Å². The summed E-state index contributed by atoms with van der Waals surface area (Å²) in [6.45, 7) is 1.17. The molecule has 5 rings (SSSR count). The molecule has 1 atom stereocenters. The third-order valence-corrected chi connectivity index (χ3v) is 6.16. The molecule has 0 saturated carbocycles. The molecule has 1 aliphatic heterocycles. The van der Waals surface area contributed by atoms with E-state index < -0.39 is 0 Å². The molecule has 1 fully saturated rings. The topological polar surface area (TPSA) is 64.8 Å². The van der Waals surface area contributed by atoms with Crippen LogP contribution in [0.3, 0.4) is 0 Å². The second kappa shape index (κ2) is 7.50. The Balaban J connectivity index is 1.56. The average molecular weight is 408 g/mol. The monoisotopic (exact) mass is 408 g/mol. The molecule has 3 heterocycles. The molecule has 2 aromatic carbocycles. The molecule has 0 aliphatic carbocycles. The summed E-state index contributed by atoms with van der Waals surface area (Å²) in [6.07, 6.45) is 1.93. The summed E-state index contributed by atoms with van der Waals surface area (Å²) in [6, 6.07) is 15.2. The SMILES string of the molecule is COc1cccc2sc(N(C[C@@H]3CCCO3)C(=O)c3cc4ccccc4o3)nc12. The maximum absolute atomic E-state index is 13.4. The van der Waals surface area contributed by atoms with E-state index in [1.807, 2.05) is 42.5 Å². The van der Waals surface area contributed by atoms with E-state index in [4.69, 9.17) is 18.9 Å². The summed E-state index contributed by atoms with van der Waals surface area (Å²) in [4.78, 5) is 19.9. The molecule has 0 spiro atoms. The van der Waals surface area contributed by atoms with E-state index in [2.05, 4.69) is 0 Å². The molecule has 29 heavy (non-hydrogen) atoms. The van der Waals surface area contributed by atoms with Gasteiger partial charge in [-0.05, 0) is 37.1 Å². The Bertz CT molecular complexity index is 1140. The minimum atomic E-state index is -0.213. The molecule has 6 nitrogen and oxygen atoms in total. The Kier molecular flexibility index (Phi) is 4.69. The number of furan rings is 1. The van der Waals surface area contributed by atoms with Crippen LogP contribution in [0.4, 0.5) is 5.13 Å². The molecule has 1 saturated heterocycles. The van der Waals surface area contributed by atoms with Crippen molar-refractivity contribution in [2.45, 2.75) is 18.9 Å². The fourth-order valence-electron chi connectivity index (χ4n) is 3.65. The van der Waals surface area contributed by atoms with Crippen molar-refractivity contribution in [3.8, 4) is 5.75 Å². The number of nitrogens with zero attached hydrogens (tertiary/aromatic N) is 2. The Hall–Kier alpha value is -2.90. The highest BCUT2D eigenvalue weighted by molar-refractivity contribution is 7.22. The Morgan fingerprint density at radius 2 is 2.17 bits per heavy atom. The fraction of sp³-hybridized carbons (Fsp3) is 0.273. The van der Waals surface area contributed by atoms with Crippen molar-refractivity contribution in [2.75, 3.05) is 25.2 Å². The number of fused-ring (bicyclic) bond motifs is 2. The van der Waals surface area contributed by atoms with Crippen LogP contribution < -0.4 is 9.64 Å². The van der Waals surface area contributed by atoms with E-state index >= 15 is 0 Å². The second-order valence-electron chi connectivity index (χ2n) is 7.00. The van der Waals surface area contributed by atoms with E-state index in [1.54, 1.807) is 18.1 Å². The van der Waals surface area contributed by atoms with Crippen molar-refractivity contribution < 1.29 is 18.7 Å². The predicted molar refractivity (Wildman–Crippen MR) is 113 cm³/mol. The number of carbonyl (C=O) groups excluding carboxylic acids is 1. The number of amides is 1. The Labute approximate surface area is 171 Å². The van der Waals surface area contributed by atoms with Gasteiger partial charge >= 0.3 is 0 Å². The number of benzene rings is 2. The van der Waals surface area contributed by atoms with Gasteiger partial charge < -0.3 is 13.9 Å². The number of hydrogen-bond acceptors (Lipinski definition) is 6. The summed E-state index contributed by atoms with van der Waals surface area (Å²) in [5, 5.41) is 1.52. The zero-order valence-corrected chi connectivity index (χ0v) is 16.8. The van der Waals surface area contributed by atoms with Crippen LogP contribution in [0, 0.1) is 0 Å². The summed E-state index contributed by atoms with van der Waals surface area (Å²) < 4.78 is 18.0. The van der Waals surface area contributed by atoms with Crippen LogP contribution in [0.15, 0.2) is 52.9 Å². The first-order valence-electron chi connectivity index (χ1n) is 9.58. The van der Waals surface area contributed by atoms with Crippen molar-refractivity contribution in [1.82, 2.24) is 4.98 Å². The van der Waals surface area contributed by atoms with Crippen molar-refractivity contribution in [1.29, 1.82) is 0 Å². The van der Waals surface area contributed by atoms with Gasteiger partial charge in [0.25, 0.3) is 5.91 Å². The van der Waals surface area contributed by atoms with Gasteiger partial charge in [-0.25, -0.2) is 4.98 Å². The lowest BCUT2D eigenvalue weighted by Crippen LogP contribution is -2.37. The van der Waals surface area contributed by atoms with E-state index in [0.29, 0.717) is 28.8 Å². The van der Waals surface area contributed by atoms with Crippen LogP contribution in [-0.2, 0) is 4.74 Å². The number of thiazole rings is 1. The van der Waals surface area contributed by atoms with Gasteiger partial charge in [-0.2, -0.15) is 0 Å². The third-order valence-electron chi connectivity index (χ3n) is 5.11. The first kappa shape index (κ1) is 18.1.